The molecule has 0 bridgehead atoms. The molecule has 1 aromatic carbocycles. The van der Waals surface area contributed by atoms with Gasteiger partial charge in [0.2, 0.25) is 11.9 Å². The Kier molecular flexibility index (Phi) is 5.72. The van der Waals surface area contributed by atoms with Crippen molar-refractivity contribution in [1.82, 2.24) is 35.2 Å². The molecular weight excluding hydrogens is 356 g/mol. The van der Waals surface area contributed by atoms with E-state index in [0.717, 1.165) is 56.1 Å². The number of benzene rings is 1. The predicted molar refractivity (Wildman–Crippen MR) is 106 cm³/mol. The number of hydrogen-bond acceptors (Lipinski definition) is 7. The van der Waals surface area contributed by atoms with Crippen LogP contribution in [0.15, 0.2) is 42.7 Å². The first-order chi connectivity index (χ1) is 13.8. The van der Waals surface area contributed by atoms with Crippen LogP contribution in [0.5, 0.6) is 0 Å². The summed E-state index contributed by atoms with van der Waals surface area (Å²) in [6.45, 7) is 5.64. The maximum atomic E-state index is 12.2. The normalized spacial score (nSPS) is 15.1. The van der Waals surface area contributed by atoms with E-state index in [-0.39, 0.29) is 12.5 Å². The molecule has 146 valence electrons. The molecule has 28 heavy (non-hydrogen) atoms. The minimum atomic E-state index is -0.0401. The first kappa shape index (κ1) is 18.3. The van der Waals surface area contributed by atoms with Crippen LogP contribution in [0.25, 0.3) is 11.0 Å². The lowest BCUT2D eigenvalue weighted by Crippen LogP contribution is -2.47. The zero-order valence-electron chi connectivity index (χ0n) is 15.7. The van der Waals surface area contributed by atoms with Gasteiger partial charge in [0.15, 0.2) is 0 Å². The van der Waals surface area contributed by atoms with E-state index >= 15 is 0 Å². The van der Waals surface area contributed by atoms with E-state index < -0.39 is 0 Å². The fourth-order valence-electron chi connectivity index (χ4n) is 3.38. The quantitative estimate of drug-likeness (QED) is 0.599. The molecule has 3 aromatic rings. The average Bonchev–Trinajstić information content (AvgIpc) is 3.15. The molecule has 1 N–H and O–H groups in total. The van der Waals surface area contributed by atoms with Gasteiger partial charge in [-0.25, -0.2) is 14.6 Å². The second-order valence-corrected chi connectivity index (χ2v) is 6.82. The largest absolute Gasteiger partial charge is 0.354 e. The highest BCUT2D eigenvalue weighted by Gasteiger charge is 2.18. The van der Waals surface area contributed by atoms with Gasteiger partial charge in [-0.05, 0) is 31.2 Å². The van der Waals surface area contributed by atoms with Crippen LogP contribution < -0.4 is 10.2 Å². The smallest absolute Gasteiger partial charge is 0.241 e. The fourth-order valence-corrected chi connectivity index (χ4v) is 3.38. The summed E-state index contributed by atoms with van der Waals surface area (Å²) in [4.78, 5) is 25.4. The highest BCUT2D eigenvalue weighted by atomic mass is 16.2. The summed E-state index contributed by atoms with van der Waals surface area (Å²) in [5, 5.41) is 11.1. The molecule has 0 spiro atoms. The van der Waals surface area contributed by atoms with Crippen LogP contribution in [0.1, 0.15) is 6.42 Å². The van der Waals surface area contributed by atoms with Crippen molar-refractivity contribution in [2.24, 2.45) is 0 Å². The topological polar surface area (TPSA) is 92.1 Å². The number of carbonyl (C=O) groups excluding carboxylic acids is 1. The molecule has 1 aliphatic heterocycles. The number of nitrogens with zero attached hydrogens (tertiary/aromatic N) is 7. The van der Waals surface area contributed by atoms with E-state index in [0.29, 0.717) is 6.54 Å². The lowest BCUT2D eigenvalue weighted by molar-refractivity contribution is -0.121. The Labute approximate surface area is 163 Å². The molecular formula is C19H24N8O. The molecule has 1 fully saturated rings. The van der Waals surface area contributed by atoms with Gasteiger partial charge >= 0.3 is 0 Å². The van der Waals surface area contributed by atoms with E-state index in [1.807, 2.05) is 30.3 Å². The van der Waals surface area contributed by atoms with Gasteiger partial charge in [0.05, 0.1) is 5.52 Å². The lowest BCUT2D eigenvalue weighted by Gasteiger charge is -2.34. The summed E-state index contributed by atoms with van der Waals surface area (Å²) < 4.78 is 1.63. The number of fused-ring (bicyclic) bond motifs is 1. The van der Waals surface area contributed by atoms with Gasteiger partial charge in [-0.2, -0.15) is 0 Å². The van der Waals surface area contributed by atoms with Crippen LogP contribution in [-0.2, 0) is 11.3 Å². The number of nitrogens with one attached hydrogen (secondary N) is 1. The molecule has 3 heterocycles. The van der Waals surface area contributed by atoms with Crippen molar-refractivity contribution in [3.05, 3.63) is 42.7 Å². The van der Waals surface area contributed by atoms with Crippen molar-refractivity contribution in [3.8, 4) is 0 Å². The number of para-hydroxylation sites is 1. The van der Waals surface area contributed by atoms with Crippen LogP contribution in [0, 0.1) is 0 Å². The van der Waals surface area contributed by atoms with Gasteiger partial charge in [-0.3, -0.25) is 9.69 Å². The minimum Gasteiger partial charge on any atom is -0.354 e. The number of piperazine rings is 1. The Morgan fingerprint density at radius 2 is 1.82 bits per heavy atom. The molecule has 0 aliphatic carbocycles. The number of aromatic nitrogens is 5. The van der Waals surface area contributed by atoms with Crippen molar-refractivity contribution in [2.45, 2.75) is 13.0 Å². The van der Waals surface area contributed by atoms with E-state index in [4.69, 9.17) is 0 Å². The zero-order chi connectivity index (χ0) is 19.2. The SMILES string of the molecule is O=C(Cn1nnc2ccccc21)NCCCN1CCN(c2ncccn2)CC1. The molecule has 4 rings (SSSR count). The molecule has 9 heteroatoms. The fraction of sp³-hybridized carbons (Fsp3) is 0.421. The third-order valence-electron chi connectivity index (χ3n) is 4.89. The zero-order valence-corrected chi connectivity index (χ0v) is 15.7. The van der Waals surface area contributed by atoms with Crippen LogP contribution in [0.3, 0.4) is 0 Å². The molecule has 0 unspecified atom stereocenters. The van der Waals surface area contributed by atoms with Crippen LogP contribution in [-0.4, -0.2) is 75.0 Å². The Bertz CT molecular complexity index is 904. The van der Waals surface area contributed by atoms with E-state index in [1.54, 1.807) is 17.1 Å². The van der Waals surface area contributed by atoms with Crippen molar-refractivity contribution >= 4 is 22.9 Å². The first-order valence-electron chi connectivity index (χ1n) is 9.59. The van der Waals surface area contributed by atoms with E-state index in [1.165, 1.54) is 0 Å². The Morgan fingerprint density at radius 3 is 2.64 bits per heavy atom. The van der Waals surface area contributed by atoms with Crippen molar-refractivity contribution in [3.63, 3.8) is 0 Å². The molecule has 0 radical (unpaired) electrons. The van der Waals surface area contributed by atoms with Gasteiger partial charge in [-0.1, -0.05) is 17.3 Å². The van der Waals surface area contributed by atoms with Crippen LogP contribution >= 0.6 is 0 Å². The summed E-state index contributed by atoms with van der Waals surface area (Å²) >= 11 is 0. The molecule has 0 atom stereocenters. The number of amides is 1. The van der Waals surface area contributed by atoms with Gasteiger partial charge in [0, 0.05) is 45.1 Å². The van der Waals surface area contributed by atoms with Crippen LogP contribution in [0.4, 0.5) is 5.95 Å². The third-order valence-corrected chi connectivity index (χ3v) is 4.89. The number of carbonyl (C=O) groups is 1. The third kappa shape index (κ3) is 4.42. The van der Waals surface area contributed by atoms with Gasteiger partial charge in [0.1, 0.15) is 12.1 Å². The Balaban J connectivity index is 1.15. The van der Waals surface area contributed by atoms with Gasteiger partial charge in [0.25, 0.3) is 0 Å². The monoisotopic (exact) mass is 380 g/mol. The maximum Gasteiger partial charge on any atom is 0.241 e. The maximum absolute atomic E-state index is 12.2. The molecule has 9 nitrogen and oxygen atoms in total. The number of anilines is 1. The molecule has 1 saturated heterocycles. The predicted octanol–water partition coefficient (Wildman–Crippen LogP) is 0.550. The van der Waals surface area contributed by atoms with Gasteiger partial charge in [-0.15, -0.1) is 5.10 Å². The number of hydrogen-bond donors (Lipinski definition) is 1. The molecule has 2 aromatic heterocycles. The summed E-state index contributed by atoms with van der Waals surface area (Å²) in [5.41, 5.74) is 1.67. The van der Waals surface area contributed by atoms with Crippen molar-refractivity contribution in [2.75, 3.05) is 44.2 Å². The van der Waals surface area contributed by atoms with Crippen molar-refractivity contribution < 1.29 is 4.79 Å². The average molecular weight is 380 g/mol. The molecule has 1 amide bonds. The van der Waals surface area contributed by atoms with E-state index in [2.05, 4.69) is 35.4 Å². The summed E-state index contributed by atoms with van der Waals surface area (Å²) in [6, 6.07) is 9.47. The highest BCUT2D eigenvalue weighted by molar-refractivity contribution is 5.79. The second-order valence-electron chi connectivity index (χ2n) is 6.82. The lowest BCUT2D eigenvalue weighted by atomic mass is 10.3. The Morgan fingerprint density at radius 1 is 1.04 bits per heavy atom. The minimum absolute atomic E-state index is 0.0401. The standard InChI is InChI=1S/C19H24N8O/c28-18(15-27-17-6-2-1-5-16(17)23-24-27)20-9-4-10-25-11-13-26(14-12-25)19-21-7-3-8-22-19/h1-3,5-8H,4,9-15H2,(H,20,28). The summed E-state index contributed by atoms with van der Waals surface area (Å²) in [6.07, 6.45) is 4.48. The van der Waals surface area contributed by atoms with Gasteiger partial charge < -0.3 is 10.2 Å². The first-order valence-corrected chi connectivity index (χ1v) is 9.59. The number of rotatable bonds is 7. The molecule has 0 saturated carbocycles. The summed E-state index contributed by atoms with van der Waals surface area (Å²) in [7, 11) is 0. The Hall–Kier alpha value is -3.07. The molecule has 1 aliphatic rings. The second kappa shape index (κ2) is 8.75. The van der Waals surface area contributed by atoms with Crippen LogP contribution in [0.2, 0.25) is 0 Å². The highest BCUT2D eigenvalue weighted by Crippen LogP contribution is 2.10. The van der Waals surface area contributed by atoms with Crippen molar-refractivity contribution in [1.29, 1.82) is 0 Å². The van der Waals surface area contributed by atoms with E-state index in [9.17, 15) is 4.79 Å². The summed E-state index contributed by atoms with van der Waals surface area (Å²) in [5.74, 6) is 0.761.